The molecular weight excluding hydrogens is 479 g/mol. The molecule has 0 heterocycles. The lowest BCUT2D eigenvalue weighted by Gasteiger charge is -2.32. The number of carbonyl (C=O) groups is 2. The number of benzene rings is 3. The maximum atomic E-state index is 13.8. The van der Waals surface area contributed by atoms with Crippen LogP contribution in [-0.2, 0) is 29.0 Å². The summed E-state index contributed by atoms with van der Waals surface area (Å²) in [5.41, 5.74) is 3.59. The molecule has 0 radical (unpaired) electrons. The van der Waals surface area contributed by atoms with E-state index in [1.165, 1.54) is 0 Å². The SMILES string of the molecule is Cc1cccc(CN(C(=O)Cc2c(Cl)cccc2Cl)C(Cc2ccccc2)C(=O)NCC(C)C)c1. The first-order valence-electron chi connectivity index (χ1n) is 11.8. The summed E-state index contributed by atoms with van der Waals surface area (Å²) in [4.78, 5) is 29.0. The smallest absolute Gasteiger partial charge is 0.243 e. The predicted molar refractivity (Wildman–Crippen MR) is 144 cm³/mol. The molecule has 0 aliphatic heterocycles. The lowest BCUT2D eigenvalue weighted by Crippen LogP contribution is -2.51. The molecule has 6 heteroatoms. The first-order valence-corrected chi connectivity index (χ1v) is 12.6. The van der Waals surface area contributed by atoms with Crippen LogP contribution in [0.1, 0.15) is 36.1 Å². The first kappa shape index (κ1) is 26.8. The molecule has 0 aliphatic rings. The zero-order valence-corrected chi connectivity index (χ0v) is 21.9. The minimum atomic E-state index is -0.689. The molecule has 0 bridgehead atoms. The topological polar surface area (TPSA) is 49.4 Å². The van der Waals surface area contributed by atoms with Crippen LogP contribution in [-0.4, -0.2) is 29.3 Å². The van der Waals surface area contributed by atoms with Gasteiger partial charge in [-0.3, -0.25) is 9.59 Å². The molecule has 1 N–H and O–H groups in total. The van der Waals surface area contributed by atoms with Crippen molar-refractivity contribution in [2.24, 2.45) is 5.92 Å². The second-order valence-corrected chi connectivity index (χ2v) is 10.0. The van der Waals surface area contributed by atoms with Crippen molar-refractivity contribution in [2.75, 3.05) is 6.54 Å². The van der Waals surface area contributed by atoms with E-state index in [1.807, 2.05) is 75.4 Å². The van der Waals surface area contributed by atoms with Crippen LogP contribution in [0.15, 0.2) is 72.8 Å². The van der Waals surface area contributed by atoms with Gasteiger partial charge in [0.1, 0.15) is 6.04 Å². The van der Waals surface area contributed by atoms with Crippen molar-refractivity contribution in [1.29, 1.82) is 0 Å². The van der Waals surface area contributed by atoms with Crippen molar-refractivity contribution in [3.63, 3.8) is 0 Å². The molecule has 3 aromatic rings. The highest BCUT2D eigenvalue weighted by atomic mass is 35.5. The Kier molecular flexibility index (Phi) is 9.76. The number of nitrogens with one attached hydrogen (secondary N) is 1. The van der Waals surface area contributed by atoms with Crippen molar-refractivity contribution in [3.8, 4) is 0 Å². The molecule has 0 aliphatic carbocycles. The second kappa shape index (κ2) is 12.8. The summed E-state index contributed by atoms with van der Waals surface area (Å²) in [5.74, 6) is -0.0878. The average Bonchev–Trinajstić information content (AvgIpc) is 2.82. The van der Waals surface area contributed by atoms with Crippen LogP contribution in [0, 0.1) is 12.8 Å². The number of amides is 2. The molecule has 1 atom stereocenters. The Labute approximate surface area is 218 Å². The molecule has 184 valence electrons. The van der Waals surface area contributed by atoms with Crippen LogP contribution >= 0.6 is 23.2 Å². The number of nitrogens with zero attached hydrogens (tertiary/aromatic N) is 1. The van der Waals surface area contributed by atoms with Crippen molar-refractivity contribution in [1.82, 2.24) is 10.2 Å². The van der Waals surface area contributed by atoms with E-state index < -0.39 is 6.04 Å². The van der Waals surface area contributed by atoms with E-state index >= 15 is 0 Å². The van der Waals surface area contributed by atoms with Gasteiger partial charge in [0.05, 0.1) is 6.42 Å². The molecule has 2 amide bonds. The number of aryl methyl sites for hydroxylation is 1. The van der Waals surface area contributed by atoms with Gasteiger partial charge in [0, 0.05) is 29.6 Å². The number of carbonyl (C=O) groups excluding carboxylic acids is 2. The highest BCUT2D eigenvalue weighted by molar-refractivity contribution is 6.36. The minimum Gasteiger partial charge on any atom is -0.354 e. The molecular formula is C29H32Cl2N2O2. The Morgan fingerprint density at radius 1 is 0.886 bits per heavy atom. The summed E-state index contributed by atoms with van der Waals surface area (Å²) in [6.45, 7) is 6.93. The van der Waals surface area contributed by atoms with E-state index in [-0.39, 0.29) is 18.2 Å². The third-order valence-corrected chi connectivity index (χ3v) is 6.49. The van der Waals surface area contributed by atoms with E-state index in [1.54, 1.807) is 23.1 Å². The highest BCUT2D eigenvalue weighted by Gasteiger charge is 2.31. The average molecular weight is 511 g/mol. The second-order valence-electron chi connectivity index (χ2n) is 9.23. The van der Waals surface area contributed by atoms with Crippen molar-refractivity contribution < 1.29 is 9.59 Å². The van der Waals surface area contributed by atoms with E-state index in [0.717, 1.165) is 16.7 Å². The first-order chi connectivity index (χ1) is 16.7. The molecule has 35 heavy (non-hydrogen) atoms. The van der Waals surface area contributed by atoms with Gasteiger partial charge in [-0.15, -0.1) is 0 Å². The van der Waals surface area contributed by atoms with Crippen LogP contribution < -0.4 is 5.32 Å². The summed E-state index contributed by atoms with van der Waals surface area (Å²) in [6.07, 6.45) is 0.408. The number of rotatable bonds is 10. The van der Waals surface area contributed by atoms with E-state index in [9.17, 15) is 9.59 Å². The van der Waals surface area contributed by atoms with Gasteiger partial charge in [-0.05, 0) is 41.7 Å². The Hall–Kier alpha value is -2.82. The van der Waals surface area contributed by atoms with E-state index in [2.05, 4.69) is 5.32 Å². The fourth-order valence-electron chi connectivity index (χ4n) is 3.94. The molecule has 3 aromatic carbocycles. The fraction of sp³-hybridized carbons (Fsp3) is 0.310. The Morgan fingerprint density at radius 2 is 1.51 bits per heavy atom. The highest BCUT2D eigenvalue weighted by Crippen LogP contribution is 2.26. The van der Waals surface area contributed by atoms with Crippen molar-refractivity contribution >= 4 is 35.0 Å². The van der Waals surface area contributed by atoms with Crippen LogP contribution in [0.3, 0.4) is 0 Å². The zero-order chi connectivity index (χ0) is 25.4. The molecule has 0 saturated heterocycles. The third kappa shape index (κ3) is 7.84. The molecule has 0 saturated carbocycles. The molecule has 0 fully saturated rings. The predicted octanol–water partition coefficient (Wildman–Crippen LogP) is 6.26. The number of halogens is 2. The number of hydrogen-bond acceptors (Lipinski definition) is 2. The fourth-order valence-corrected chi connectivity index (χ4v) is 4.47. The monoisotopic (exact) mass is 510 g/mol. The Bertz CT molecular complexity index is 1130. The van der Waals surface area contributed by atoms with Gasteiger partial charge < -0.3 is 10.2 Å². The van der Waals surface area contributed by atoms with Gasteiger partial charge in [0.2, 0.25) is 11.8 Å². The van der Waals surface area contributed by atoms with Crippen LogP contribution in [0.5, 0.6) is 0 Å². The van der Waals surface area contributed by atoms with Crippen LogP contribution in [0.25, 0.3) is 0 Å². The lowest BCUT2D eigenvalue weighted by molar-refractivity contribution is -0.140. The Morgan fingerprint density at radius 3 is 2.14 bits per heavy atom. The molecule has 0 spiro atoms. The summed E-state index contributed by atoms with van der Waals surface area (Å²) in [7, 11) is 0. The standard InChI is InChI=1S/C29H32Cl2N2O2/c1-20(2)18-32-29(35)27(16-22-10-5-4-6-11-22)33(19-23-12-7-9-21(3)15-23)28(34)17-24-25(30)13-8-14-26(24)31/h4-15,20,27H,16-19H2,1-3H3,(H,32,35). The minimum absolute atomic E-state index is 0.00702. The zero-order valence-electron chi connectivity index (χ0n) is 20.4. The quantitative estimate of drug-likeness (QED) is 0.350. The summed E-state index contributed by atoms with van der Waals surface area (Å²) in [6, 6.07) is 22.2. The third-order valence-electron chi connectivity index (χ3n) is 5.78. The van der Waals surface area contributed by atoms with Gasteiger partial charge in [0.25, 0.3) is 0 Å². The van der Waals surface area contributed by atoms with Crippen LogP contribution in [0.4, 0.5) is 0 Å². The van der Waals surface area contributed by atoms with Gasteiger partial charge in [-0.25, -0.2) is 0 Å². The van der Waals surface area contributed by atoms with Gasteiger partial charge in [-0.2, -0.15) is 0 Å². The largest absolute Gasteiger partial charge is 0.354 e. The van der Waals surface area contributed by atoms with E-state index in [4.69, 9.17) is 23.2 Å². The molecule has 4 nitrogen and oxygen atoms in total. The van der Waals surface area contributed by atoms with E-state index in [0.29, 0.717) is 41.0 Å². The molecule has 1 unspecified atom stereocenters. The molecule has 3 rings (SSSR count). The van der Waals surface area contributed by atoms with Crippen LogP contribution in [0.2, 0.25) is 10.0 Å². The van der Waals surface area contributed by atoms with Crippen molar-refractivity contribution in [2.45, 2.75) is 46.2 Å². The van der Waals surface area contributed by atoms with Gasteiger partial charge in [0.15, 0.2) is 0 Å². The van der Waals surface area contributed by atoms with Gasteiger partial charge >= 0.3 is 0 Å². The summed E-state index contributed by atoms with van der Waals surface area (Å²) in [5, 5.41) is 3.91. The Balaban J connectivity index is 2.00. The maximum absolute atomic E-state index is 13.8. The molecule has 0 aromatic heterocycles. The normalized spacial score (nSPS) is 11.8. The van der Waals surface area contributed by atoms with Crippen molar-refractivity contribution in [3.05, 3.63) is 105 Å². The lowest BCUT2D eigenvalue weighted by atomic mass is 10.0. The summed E-state index contributed by atoms with van der Waals surface area (Å²) < 4.78 is 0. The maximum Gasteiger partial charge on any atom is 0.243 e. The number of hydrogen-bond donors (Lipinski definition) is 1. The summed E-state index contributed by atoms with van der Waals surface area (Å²) >= 11 is 12.8. The van der Waals surface area contributed by atoms with Gasteiger partial charge in [-0.1, -0.05) is 103 Å².